The summed E-state index contributed by atoms with van der Waals surface area (Å²) in [6.07, 6.45) is 3.64. The summed E-state index contributed by atoms with van der Waals surface area (Å²) in [6.45, 7) is 22.8. The van der Waals surface area contributed by atoms with Gasteiger partial charge in [-0.3, -0.25) is 9.97 Å². The van der Waals surface area contributed by atoms with Gasteiger partial charge in [0.15, 0.2) is 0 Å². The van der Waals surface area contributed by atoms with Crippen LogP contribution in [0.1, 0.15) is 123 Å². The largest absolute Gasteiger partial charge is 0.260 e. The molecule has 105 heavy (non-hydrogen) atoms. The highest BCUT2D eigenvalue weighted by Gasteiger charge is 2.03. The quantitative estimate of drug-likeness (QED) is 0.0596. The van der Waals surface area contributed by atoms with Gasteiger partial charge < -0.3 is 0 Å². The summed E-state index contributed by atoms with van der Waals surface area (Å²) in [6, 6.07) is 69.3. The predicted molar refractivity (Wildman–Crippen MR) is 516 cm³/mol. The van der Waals surface area contributed by atoms with Crippen LogP contribution in [0.25, 0.3) is 0 Å². The molecule has 0 aliphatic heterocycles. The van der Waals surface area contributed by atoms with Gasteiger partial charge in [-0.15, -0.1) is 0 Å². The number of halogens is 6. The van der Waals surface area contributed by atoms with Gasteiger partial charge in [-0.25, -0.2) is 0 Å². The van der Waals surface area contributed by atoms with Crippen molar-refractivity contribution in [3.05, 3.63) is 370 Å². The van der Waals surface area contributed by atoms with Crippen LogP contribution in [0.15, 0.2) is 232 Å². The lowest BCUT2D eigenvalue weighted by Crippen LogP contribution is -1.87. The van der Waals surface area contributed by atoms with Crippen molar-refractivity contribution in [1.29, 1.82) is 0 Å². The van der Waals surface area contributed by atoms with E-state index in [9.17, 15) is 0 Å². The van der Waals surface area contributed by atoms with E-state index in [1.54, 1.807) is 6.20 Å². The molecule has 11 aromatic rings. The fraction of sp³-hybridized carbons (Fsp3) is 0.256. The van der Waals surface area contributed by atoms with Crippen molar-refractivity contribution < 1.29 is 0 Å². The number of thiol groups is 11. The van der Waals surface area contributed by atoms with Crippen LogP contribution in [0.5, 0.6) is 0 Å². The summed E-state index contributed by atoms with van der Waals surface area (Å²) >= 11 is 73.5. The second-order valence-corrected chi connectivity index (χ2v) is 31.0. The Kier molecular flexibility index (Phi) is 57.5. The first-order valence-electron chi connectivity index (χ1n) is 33.3. The van der Waals surface area contributed by atoms with Crippen molar-refractivity contribution in [3.63, 3.8) is 0 Å². The Morgan fingerprint density at radius 2 is 0.752 bits per heavy atom. The molecule has 564 valence electrons. The number of hydrogen-bond acceptors (Lipinski definition) is 13. The topological polar surface area (TPSA) is 25.8 Å². The van der Waals surface area contributed by atoms with Gasteiger partial charge in [0.1, 0.15) is 0 Å². The molecule has 0 aliphatic rings. The maximum absolute atomic E-state index is 5.88. The van der Waals surface area contributed by atoms with Crippen molar-refractivity contribution in [2.45, 2.75) is 139 Å². The van der Waals surface area contributed by atoms with Crippen molar-refractivity contribution in [2.24, 2.45) is 0 Å². The van der Waals surface area contributed by atoms with Gasteiger partial charge in [0.05, 0.1) is 5.69 Å². The molecule has 0 spiro atoms. The number of benzene rings is 9. The molecule has 9 aromatic carbocycles. The highest BCUT2D eigenvalue weighted by atomic mass is 79.9. The lowest BCUT2D eigenvalue weighted by molar-refractivity contribution is 1.13. The third-order valence-electron chi connectivity index (χ3n) is 15.3. The van der Waals surface area contributed by atoms with Gasteiger partial charge >= 0.3 is 0 Å². The molecule has 0 N–H and O–H groups in total. The Hall–Kier alpha value is -2.56. The first-order chi connectivity index (χ1) is 50.1. The van der Waals surface area contributed by atoms with Crippen LogP contribution in [0.4, 0.5) is 0 Å². The molecule has 0 amide bonds. The Bertz CT molecular complexity index is 3920. The molecule has 0 saturated carbocycles. The highest BCUT2D eigenvalue weighted by Crippen LogP contribution is 2.24. The van der Waals surface area contributed by atoms with Crippen LogP contribution in [0, 0.1) is 76.2 Å². The van der Waals surface area contributed by atoms with E-state index in [1.165, 1.54) is 106 Å². The van der Waals surface area contributed by atoms with Crippen LogP contribution in [-0.4, -0.2) is 9.97 Å². The number of aryl methyl sites for hydroxylation is 11. The zero-order chi connectivity index (χ0) is 78.8. The molecule has 11 rings (SSSR count). The van der Waals surface area contributed by atoms with Crippen LogP contribution < -0.4 is 0 Å². The second kappa shape index (κ2) is 60.1. The summed E-state index contributed by atoms with van der Waals surface area (Å²) in [5.41, 5.74) is 27.4. The van der Waals surface area contributed by atoms with Crippen LogP contribution in [-0.2, 0) is 63.3 Å². The van der Waals surface area contributed by atoms with Gasteiger partial charge in [0.2, 0.25) is 0 Å². The summed E-state index contributed by atoms with van der Waals surface area (Å²) in [5, 5.41) is 2.40. The number of pyridine rings is 2. The van der Waals surface area contributed by atoms with E-state index in [2.05, 4.69) is 336 Å². The molecule has 19 heteroatoms. The molecular formula is C86H102Br3Cl3N2S11. The lowest BCUT2D eigenvalue weighted by atomic mass is 10.1. The molecular weight excluding hydrogens is 1760 g/mol. The monoisotopic (exact) mass is 1860 g/mol. The first-order valence-corrected chi connectivity index (χ1v) is 43.7. The van der Waals surface area contributed by atoms with E-state index in [-0.39, 0.29) is 0 Å². The lowest BCUT2D eigenvalue weighted by Gasteiger charge is -2.03. The van der Waals surface area contributed by atoms with Crippen LogP contribution in [0.3, 0.4) is 0 Å². The number of hydrogen-bond donors (Lipinski definition) is 11. The molecule has 2 nitrogen and oxygen atoms in total. The average Bonchev–Trinajstić information content (AvgIpc) is 0.899. The molecule has 0 unspecified atom stereocenters. The van der Waals surface area contributed by atoms with Crippen LogP contribution in [0.2, 0.25) is 15.1 Å². The minimum Gasteiger partial charge on any atom is -0.260 e. The summed E-state index contributed by atoms with van der Waals surface area (Å²) in [7, 11) is 0. The SMILES string of the molecule is Cc1cc(Br)ccc1CS.Cc1cc(Cl)ccc1CS.Cc1ccc(Br)cc1CS.Cc1ccc(CS)cc1.Cc1ccc(CS)nc1.Cc1ccc(Cl)cc1CS.Cc1cccc(Br)c1CS.Cc1cccc(CS)c1.Cc1cccc(Cl)c1CS.Cc1ccccc1CS.Cc1cccnc1CS. The maximum atomic E-state index is 5.88. The smallest absolute Gasteiger partial charge is 0.0529 e. The van der Waals surface area contributed by atoms with E-state index >= 15 is 0 Å². The first kappa shape index (κ1) is 100. The standard InChI is InChI=1S/3C8H9BrS.3C8H9ClS.3C8H10S.2C7H9NS/c1-6-4-8(9)3-2-7(6)5-10;1-6-2-3-8(9)4-7(6)5-10;1-6-3-2-4-8(9)7(6)5-10;1-6-4-8(9)3-2-7(6)5-10;1-6-2-3-8(9)4-7(6)5-10;1-6-3-2-4-8(9)7(6)5-10;1-7-2-4-8(6-9)5-3-7;1-7-3-2-4-8(5-7)6-9;1-7-4-2-3-5-8(7)6-9;1-6-2-3-7(5-9)8-4-6;1-6-3-2-4-8-7(6)5-9/h6*2-4,10H,5H2,1H3;3*2-5,9H,6H2,1H3;2*2-4,9H,5H2,1H3. The zero-order valence-electron chi connectivity index (χ0n) is 61.6. The van der Waals surface area contributed by atoms with Crippen LogP contribution >= 0.6 is 222 Å². The third kappa shape index (κ3) is 43.7. The third-order valence-corrected chi connectivity index (χ3v) is 21.6. The molecule has 0 radical (unpaired) electrons. The number of aromatic nitrogens is 2. The second-order valence-electron chi connectivity index (χ2n) is 23.6. The number of nitrogens with zero attached hydrogens (tertiary/aromatic N) is 2. The molecule has 0 fully saturated rings. The van der Waals surface area contributed by atoms with Crippen molar-refractivity contribution >= 4 is 222 Å². The zero-order valence-corrected chi connectivity index (χ0v) is 78.5. The fourth-order valence-electron chi connectivity index (χ4n) is 8.59. The fourth-order valence-corrected chi connectivity index (χ4v) is 14.6. The summed E-state index contributed by atoms with van der Waals surface area (Å²) < 4.78 is 3.42. The molecule has 0 bridgehead atoms. The van der Waals surface area contributed by atoms with Gasteiger partial charge in [-0.05, 0) is 249 Å². The van der Waals surface area contributed by atoms with E-state index in [1.807, 2.05) is 149 Å². The Morgan fingerprint density at radius 1 is 0.286 bits per heavy atom. The van der Waals surface area contributed by atoms with Gasteiger partial charge in [0, 0.05) is 110 Å². The molecule has 0 aliphatic carbocycles. The van der Waals surface area contributed by atoms with Gasteiger partial charge in [-0.1, -0.05) is 227 Å². The van der Waals surface area contributed by atoms with Gasteiger partial charge in [0.25, 0.3) is 0 Å². The van der Waals surface area contributed by atoms with Crippen molar-refractivity contribution in [3.8, 4) is 0 Å². The molecule has 2 heterocycles. The van der Waals surface area contributed by atoms with Gasteiger partial charge in [-0.2, -0.15) is 139 Å². The van der Waals surface area contributed by atoms with E-state index < -0.39 is 0 Å². The normalized spacial score (nSPS) is 9.75. The number of rotatable bonds is 11. The average molecular weight is 1860 g/mol. The van der Waals surface area contributed by atoms with Crippen molar-refractivity contribution in [2.75, 3.05) is 0 Å². The Labute approximate surface area is 732 Å². The molecule has 2 aromatic heterocycles. The highest BCUT2D eigenvalue weighted by molar-refractivity contribution is 9.11. The van der Waals surface area contributed by atoms with E-state index in [0.717, 1.165) is 103 Å². The van der Waals surface area contributed by atoms with E-state index in [4.69, 9.17) is 34.8 Å². The van der Waals surface area contributed by atoms with E-state index in [0.29, 0.717) is 5.75 Å². The Morgan fingerprint density at radius 3 is 1.18 bits per heavy atom. The minimum absolute atomic E-state index is 0.714. The maximum Gasteiger partial charge on any atom is 0.0529 e. The van der Waals surface area contributed by atoms with Crippen molar-refractivity contribution in [1.82, 2.24) is 9.97 Å². The molecule has 0 saturated heterocycles. The minimum atomic E-state index is 0.714. The molecule has 0 atom stereocenters. The summed E-state index contributed by atoms with van der Waals surface area (Å²) in [5.74, 6) is 8.64. The Balaban J connectivity index is 0.000000578. The predicted octanol–water partition coefficient (Wildman–Crippen LogP) is 29.7. The summed E-state index contributed by atoms with van der Waals surface area (Å²) in [4.78, 5) is 8.24.